The average Bonchev–Trinajstić information content (AvgIpc) is 2.92. The Hall–Kier alpha value is -2.08. The Morgan fingerprint density at radius 2 is 1.95 bits per heavy atom. The van der Waals surface area contributed by atoms with Gasteiger partial charge in [-0.15, -0.1) is 11.8 Å². The fourth-order valence-corrected chi connectivity index (χ4v) is 2.57. The van der Waals surface area contributed by atoms with Gasteiger partial charge in [-0.2, -0.15) is 0 Å². The van der Waals surface area contributed by atoms with Crippen molar-refractivity contribution in [3.63, 3.8) is 0 Å². The van der Waals surface area contributed by atoms with Crippen molar-refractivity contribution in [2.75, 3.05) is 12.0 Å². The molecule has 0 aliphatic heterocycles. The van der Waals surface area contributed by atoms with Crippen LogP contribution in [-0.4, -0.2) is 21.6 Å². The highest BCUT2D eigenvalue weighted by atomic mass is 32.2. The Balaban J connectivity index is 2.00. The lowest BCUT2D eigenvalue weighted by Gasteiger charge is -2.09. The van der Waals surface area contributed by atoms with Gasteiger partial charge < -0.3 is 5.73 Å². The summed E-state index contributed by atoms with van der Waals surface area (Å²) in [5.41, 5.74) is 10.8. The molecule has 3 rings (SSSR count). The molecule has 6 heteroatoms. The molecule has 0 spiro atoms. The molecular formula is C14H14N4OS. The summed E-state index contributed by atoms with van der Waals surface area (Å²) in [7, 11) is 0. The minimum absolute atomic E-state index is 0.460. The number of hydrogen-bond donors (Lipinski definition) is 1. The molecule has 0 atom stereocenters. The van der Waals surface area contributed by atoms with Crippen molar-refractivity contribution in [1.82, 2.24) is 15.3 Å². The standard InChI is InChI=1S/C14H14N4OS/c1-8-11(7-9-3-5-10(20-2)6-4-9)12(15)13-14(16-8)18-19-17-13/h3-6H,7,15H2,1-2H3. The molecule has 5 nitrogen and oxygen atoms in total. The van der Waals surface area contributed by atoms with E-state index in [1.807, 2.05) is 6.92 Å². The van der Waals surface area contributed by atoms with Crippen molar-refractivity contribution in [2.45, 2.75) is 18.2 Å². The van der Waals surface area contributed by atoms with Crippen LogP contribution in [0.5, 0.6) is 0 Å². The maximum atomic E-state index is 6.16. The highest BCUT2D eigenvalue weighted by molar-refractivity contribution is 7.98. The number of rotatable bonds is 3. The van der Waals surface area contributed by atoms with Crippen LogP contribution in [-0.2, 0) is 6.42 Å². The topological polar surface area (TPSA) is 77.8 Å². The number of pyridine rings is 1. The molecule has 0 unspecified atom stereocenters. The molecule has 0 fully saturated rings. The van der Waals surface area contributed by atoms with Gasteiger partial charge in [-0.1, -0.05) is 12.1 Å². The van der Waals surface area contributed by atoms with E-state index in [9.17, 15) is 0 Å². The number of thioether (sulfide) groups is 1. The summed E-state index contributed by atoms with van der Waals surface area (Å²) >= 11 is 1.73. The monoisotopic (exact) mass is 286 g/mol. The van der Waals surface area contributed by atoms with E-state index < -0.39 is 0 Å². The van der Waals surface area contributed by atoms with E-state index in [2.05, 4.69) is 45.8 Å². The van der Waals surface area contributed by atoms with Gasteiger partial charge >= 0.3 is 0 Å². The number of nitrogen functional groups attached to an aromatic ring is 1. The molecule has 0 amide bonds. The van der Waals surface area contributed by atoms with E-state index in [0.29, 0.717) is 16.9 Å². The molecule has 2 aromatic heterocycles. The number of aromatic nitrogens is 3. The van der Waals surface area contributed by atoms with Crippen LogP contribution in [0.3, 0.4) is 0 Å². The normalized spacial score (nSPS) is 11.1. The molecule has 102 valence electrons. The molecule has 2 heterocycles. The van der Waals surface area contributed by atoms with Gasteiger partial charge in [0.05, 0.1) is 5.69 Å². The number of nitrogens with two attached hydrogens (primary N) is 1. The third kappa shape index (κ3) is 2.22. The van der Waals surface area contributed by atoms with Crippen molar-refractivity contribution in [3.8, 4) is 0 Å². The highest BCUT2D eigenvalue weighted by Crippen LogP contribution is 2.26. The molecule has 0 bridgehead atoms. The summed E-state index contributed by atoms with van der Waals surface area (Å²) in [6, 6.07) is 8.43. The van der Waals surface area contributed by atoms with Gasteiger partial charge in [0.25, 0.3) is 0 Å². The maximum Gasteiger partial charge on any atom is 0.226 e. The van der Waals surface area contributed by atoms with E-state index in [0.717, 1.165) is 17.7 Å². The van der Waals surface area contributed by atoms with Crippen molar-refractivity contribution in [1.29, 1.82) is 0 Å². The van der Waals surface area contributed by atoms with Crippen LogP contribution in [0.15, 0.2) is 33.8 Å². The molecule has 3 aromatic rings. The average molecular weight is 286 g/mol. The second-order valence-electron chi connectivity index (χ2n) is 4.55. The molecule has 0 saturated carbocycles. The molecule has 20 heavy (non-hydrogen) atoms. The third-order valence-corrected chi connectivity index (χ3v) is 4.05. The summed E-state index contributed by atoms with van der Waals surface area (Å²) in [6.07, 6.45) is 2.79. The van der Waals surface area contributed by atoms with Crippen LogP contribution >= 0.6 is 11.8 Å². The number of aryl methyl sites for hydroxylation is 1. The van der Waals surface area contributed by atoms with Crippen LogP contribution in [0.1, 0.15) is 16.8 Å². The van der Waals surface area contributed by atoms with Crippen LogP contribution in [0.4, 0.5) is 5.69 Å². The molecule has 2 N–H and O–H groups in total. The lowest BCUT2D eigenvalue weighted by Crippen LogP contribution is -2.02. The fourth-order valence-electron chi connectivity index (χ4n) is 2.16. The Morgan fingerprint density at radius 3 is 2.65 bits per heavy atom. The molecule has 0 aliphatic rings. The minimum atomic E-state index is 0.460. The lowest BCUT2D eigenvalue weighted by molar-refractivity contribution is 0.315. The summed E-state index contributed by atoms with van der Waals surface area (Å²) in [5.74, 6) is 0. The van der Waals surface area contributed by atoms with E-state index in [-0.39, 0.29) is 0 Å². The number of benzene rings is 1. The number of fused-ring (bicyclic) bond motifs is 1. The molecule has 0 radical (unpaired) electrons. The van der Waals surface area contributed by atoms with Gasteiger partial charge in [-0.25, -0.2) is 9.61 Å². The van der Waals surface area contributed by atoms with Crippen molar-refractivity contribution in [3.05, 3.63) is 41.1 Å². The Labute approximate surface area is 120 Å². The lowest BCUT2D eigenvalue weighted by atomic mass is 10.0. The summed E-state index contributed by atoms with van der Waals surface area (Å²) < 4.78 is 4.69. The first-order valence-corrected chi connectivity index (χ1v) is 7.41. The van der Waals surface area contributed by atoms with E-state index in [1.54, 1.807) is 11.8 Å². The van der Waals surface area contributed by atoms with E-state index >= 15 is 0 Å². The van der Waals surface area contributed by atoms with Crippen molar-refractivity contribution in [2.24, 2.45) is 0 Å². The fraction of sp³-hybridized carbons (Fsp3) is 0.214. The largest absolute Gasteiger partial charge is 0.396 e. The second-order valence-corrected chi connectivity index (χ2v) is 5.43. The Kier molecular flexibility index (Phi) is 3.31. The van der Waals surface area contributed by atoms with Crippen LogP contribution in [0, 0.1) is 6.92 Å². The van der Waals surface area contributed by atoms with Gasteiger partial charge in [0.1, 0.15) is 0 Å². The quantitative estimate of drug-likeness (QED) is 0.746. The zero-order chi connectivity index (χ0) is 14.1. The maximum absolute atomic E-state index is 6.16. The SMILES string of the molecule is CSc1ccc(Cc2c(C)nc3nonc3c2N)cc1. The summed E-state index contributed by atoms with van der Waals surface area (Å²) in [5, 5.41) is 7.54. The molecule has 0 aliphatic carbocycles. The predicted octanol–water partition coefficient (Wildman–Crippen LogP) is 2.82. The van der Waals surface area contributed by atoms with Crippen molar-refractivity contribution >= 4 is 28.6 Å². The second kappa shape index (κ2) is 5.13. The smallest absolute Gasteiger partial charge is 0.226 e. The minimum Gasteiger partial charge on any atom is -0.396 e. The van der Waals surface area contributed by atoms with E-state index in [4.69, 9.17) is 10.4 Å². The zero-order valence-electron chi connectivity index (χ0n) is 11.3. The highest BCUT2D eigenvalue weighted by Gasteiger charge is 2.14. The van der Waals surface area contributed by atoms with Crippen LogP contribution in [0.25, 0.3) is 11.2 Å². The van der Waals surface area contributed by atoms with Gasteiger partial charge in [-0.05, 0) is 41.2 Å². The zero-order valence-corrected chi connectivity index (χ0v) is 12.1. The van der Waals surface area contributed by atoms with E-state index in [1.165, 1.54) is 10.5 Å². The molecule has 0 saturated heterocycles. The summed E-state index contributed by atoms with van der Waals surface area (Å²) in [4.78, 5) is 5.62. The van der Waals surface area contributed by atoms with Gasteiger partial charge in [0.15, 0.2) is 5.52 Å². The molecule has 1 aromatic carbocycles. The van der Waals surface area contributed by atoms with Crippen LogP contribution in [0.2, 0.25) is 0 Å². The number of hydrogen-bond acceptors (Lipinski definition) is 6. The van der Waals surface area contributed by atoms with Crippen molar-refractivity contribution < 1.29 is 4.63 Å². The first kappa shape index (κ1) is 12.9. The number of nitrogens with zero attached hydrogens (tertiary/aromatic N) is 3. The van der Waals surface area contributed by atoms with Gasteiger partial charge in [0, 0.05) is 22.6 Å². The first-order valence-electron chi connectivity index (χ1n) is 6.19. The number of anilines is 1. The molecular weight excluding hydrogens is 272 g/mol. The van der Waals surface area contributed by atoms with Gasteiger partial charge in [-0.3, -0.25) is 0 Å². The predicted molar refractivity (Wildman–Crippen MR) is 79.8 cm³/mol. The summed E-state index contributed by atoms with van der Waals surface area (Å²) in [6.45, 7) is 1.93. The third-order valence-electron chi connectivity index (χ3n) is 3.30. The first-order chi connectivity index (χ1) is 9.69. The Bertz CT molecular complexity index is 752. The van der Waals surface area contributed by atoms with Gasteiger partial charge in [0.2, 0.25) is 5.65 Å². The van der Waals surface area contributed by atoms with Crippen LogP contribution < -0.4 is 5.73 Å². The Morgan fingerprint density at radius 1 is 1.20 bits per heavy atom.